The second-order valence-corrected chi connectivity index (χ2v) is 46.1. The number of hydrogen-bond acceptors (Lipinski definition) is 8. The maximum absolute atomic E-state index is 2.88. The Labute approximate surface area is 882 Å². The maximum Gasteiger partial charge on any atom is 0.255 e. The third-order valence-electron chi connectivity index (χ3n) is 32.4. The van der Waals surface area contributed by atoms with Crippen LogP contribution in [-0.4, -0.2) is 20.1 Å². The minimum absolute atomic E-state index is 0.259. The molecule has 0 spiro atoms. The SMILES string of the molecule is CC(C)(C)c1cc(-c2ccccc2)c(N2c3cc(C(C)(C)C)cc4c3B(c3c2cc2c5c3Sc3ccccc3B5c3cccc5c3N2c2ccccc2N5c2c(-c3ccccc3)cccc2-c2ccccc2)c2c(cc3c5c2Sc2ccccc2B5c2cccc5c2N3c2ccccc2N5c2c(-c3ccccc3)cccc2-c2ccccc2)N4c2c(-c3ccccc3)cc(C(C)(C)C)cc2-c2ccccc2)c(-c2ccccc2)c1. The summed E-state index contributed by atoms with van der Waals surface area (Å²) in [6.07, 6.45) is 0. The van der Waals surface area contributed by atoms with Crippen LogP contribution in [0.2, 0.25) is 0 Å². The van der Waals surface area contributed by atoms with Crippen LogP contribution in [-0.2, 0) is 16.2 Å². The highest BCUT2D eigenvalue weighted by Gasteiger charge is 2.57. The van der Waals surface area contributed by atoms with E-state index in [1.54, 1.807) is 0 Å². The lowest BCUT2D eigenvalue weighted by Crippen LogP contribution is -2.68. The molecule has 8 aliphatic rings. The van der Waals surface area contributed by atoms with E-state index in [1.807, 2.05) is 23.5 Å². The zero-order valence-electron chi connectivity index (χ0n) is 84.6. The zero-order chi connectivity index (χ0) is 99.7. The molecule has 21 aromatic rings. The van der Waals surface area contributed by atoms with E-state index in [0.717, 1.165) is 180 Å². The van der Waals surface area contributed by atoms with Gasteiger partial charge in [0.25, 0.3) is 6.71 Å². The van der Waals surface area contributed by atoms with Gasteiger partial charge in [0.05, 0.1) is 68.2 Å². The Morgan fingerprint density at radius 3 is 0.658 bits per heavy atom. The van der Waals surface area contributed by atoms with Gasteiger partial charge in [-0.2, -0.15) is 0 Å². The number of hydrogen-bond donors (Lipinski definition) is 0. The minimum atomic E-state index is -0.474. The van der Waals surface area contributed by atoms with Crippen LogP contribution in [0, 0.1) is 0 Å². The maximum atomic E-state index is 2.88. The summed E-state index contributed by atoms with van der Waals surface area (Å²) in [6, 6.07) is 178. The Morgan fingerprint density at radius 1 is 0.161 bits per heavy atom. The third kappa shape index (κ3) is 13.6. The van der Waals surface area contributed by atoms with Gasteiger partial charge in [-0.05, 0) is 213 Å². The number of rotatable bonds is 12. The molecule has 0 N–H and O–H groups in total. The van der Waals surface area contributed by atoms with Crippen molar-refractivity contribution in [3.8, 4) is 89.0 Å². The van der Waals surface area contributed by atoms with Crippen molar-refractivity contribution in [3.05, 3.63) is 478 Å². The number of benzene rings is 21. The number of anilines is 18. The first-order chi connectivity index (χ1) is 72.9. The molecule has 0 saturated heterocycles. The third-order valence-corrected chi connectivity index (χ3v) is 34.8. The summed E-state index contributed by atoms with van der Waals surface area (Å²) in [7, 11) is 0. The quantitative estimate of drug-likeness (QED) is 0.111. The fourth-order valence-electron chi connectivity index (χ4n) is 25.6. The lowest BCUT2D eigenvalue weighted by atomic mass is 9.29. The fourth-order valence-corrected chi connectivity index (χ4v) is 28.3. The Hall–Kier alpha value is -16.7. The van der Waals surface area contributed by atoms with Crippen molar-refractivity contribution in [2.24, 2.45) is 0 Å². The van der Waals surface area contributed by atoms with E-state index in [2.05, 4.69) is 553 Å². The van der Waals surface area contributed by atoms with Gasteiger partial charge in [0.1, 0.15) is 0 Å². The van der Waals surface area contributed by atoms with Crippen molar-refractivity contribution in [1.82, 2.24) is 0 Å². The van der Waals surface area contributed by atoms with Gasteiger partial charge < -0.3 is 29.4 Å². The van der Waals surface area contributed by atoms with Crippen LogP contribution in [0.25, 0.3) is 89.0 Å². The molecule has 0 amide bonds. The molecule has 0 aromatic heterocycles. The predicted molar refractivity (Wildman–Crippen MR) is 636 cm³/mol. The van der Waals surface area contributed by atoms with Crippen LogP contribution in [0.5, 0.6) is 0 Å². The van der Waals surface area contributed by atoms with E-state index in [9.17, 15) is 0 Å². The van der Waals surface area contributed by atoms with Gasteiger partial charge >= 0.3 is 0 Å². The molecule has 0 saturated carbocycles. The van der Waals surface area contributed by atoms with Gasteiger partial charge in [0.15, 0.2) is 0 Å². The molecule has 11 heteroatoms. The van der Waals surface area contributed by atoms with Crippen molar-refractivity contribution in [2.45, 2.75) is 98.1 Å². The van der Waals surface area contributed by atoms with Gasteiger partial charge in [0.2, 0.25) is 13.4 Å². The van der Waals surface area contributed by atoms with Crippen LogP contribution in [0.4, 0.5) is 102 Å². The van der Waals surface area contributed by atoms with Gasteiger partial charge in [-0.25, -0.2) is 0 Å². The average molecular weight is 1940 g/mol. The molecule has 0 bridgehead atoms. The molecular weight excluding hydrogens is 1840 g/mol. The lowest BCUT2D eigenvalue weighted by molar-refractivity contribution is 0.590. The summed E-state index contributed by atoms with van der Waals surface area (Å²) in [6.45, 7) is 20.8. The lowest BCUT2D eigenvalue weighted by Gasteiger charge is -2.52. The molecule has 29 rings (SSSR count). The van der Waals surface area contributed by atoms with Crippen molar-refractivity contribution in [3.63, 3.8) is 0 Å². The molecule has 149 heavy (non-hydrogen) atoms. The van der Waals surface area contributed by atoms with Crippen molar-refractivity contribution >= 4 is 195 Å². The predicted octanol–water partition coefficient (Wildman–Crippen LogP) is 32.1. The Balaban J connectivity index is 0.804. The molecule has 21 aromatic carbocycles. The summed E-state index contributed by atoms with van der Waals surface area (Å²) < 4.78 is 0. The molecule has 0 fully saturated rings. The number of fused-ring (bicyclic) bond motifs is 18. The molecule has 0 radical (unpaired) electrons. The first kappa shape index (κ1) is 88.8. The topological polar surface area (TPSA) is 19.4 Å². The number of nitrogens with zero attached hydrogens (tertiary/aromatic N) is 6. The van der Waals surface area contributed by atoms with E-state index in [4.69, 9.17) is 0 Å². The Morgan fingerprint density at radius 2 is 0.369 bits per heavy atom. The summed E-state index contributed by atoms with van der Waals surface area (Å²) in [4.78, 5) is 21.6. The van der Waals surface area contributed by atoms with Crippen LogP contribution < -0.4 is 78.6 Å². The fraction of sp³-hybridized carbons (Fsp3) is 0.0870. The van der Waals surface area contributed by atoms with Crippen LogP contribution in [0.15, 0.2) is 481 Å². The molecule has 0 unspecified atom stereocenters. The van der Waals surface area contributed by atoms with Crippen molar-refractivity contribution < 1.29 is 0 Å². The molecule has 0 aliphatic carbocycles. The van der Waals surface area contributed by atoms with Crippen molar-refractivity contribution in [2.75, 3.05) is 29.4 Å². The highest BCUT2D eigenvalue weighted by molar-refractivity contribution is 8.00. The van der Waals surface area contributed by atoms with Gasteiger partial charge in [-0.3, -0.25) is 0 Å². The molecular formula is C138H103B3N6S2. The van der Waals surface area contributed by atoms with Crippen LogP contribution in [0.3, 0.4) is 0 Å². The molecule has 8 heterocycles. The molecule has 6 nitrogen and oxygen atoms in total. The number of para-hydroxylation sites is 8. The first-order valence-corrected chi connectivity index (χ1v) is 54.0. The first-order valence-electron chi connectivity index (χ1n) is 52.4. The highest BCUT2D eigenvalue weighted by atomic mass is 32.2. The van der Waals surface area contributed by atoms with E-state index in [0.29, 0.717) is 0 Å². The second kappa shape index (κ2) is 33.9. The monoisotopic (exact) mass is 1940 g/mol. The van der Waals surface area contributed by atoms with E-state index < -0.39 is 12.1 Å². The molecule has 8 aliphatic heterocycles. The van der Waals surface area contributed by atoms with E-state index >= 15 is 0 Å². The smallest absolute Gasteiger partial charge is 0.255 e. The zero-order valence-corrected chi connectivity index (χ0v) is 86.2. The normalized spacial score (nSPS) is 13.8. The summed E-state index contributed by atoms with van der Waals surface area (Å²) in [5, 5.41) is 0. The summed E-state index contributed by atoms with van der Waals surface area (Å²) in [5.41, 5.74) is 52.9. The van der Waals surface area contributed by atoms with Gasteiger partial charge in [0, 0.05) is 98.2 Å². The minimum Gasteiger partial charge on any atom is -0.310 e. The summed E-state index contributed by atoms with van der Waals surface area (Å²) >= 11 is 4.01. The Kier molecular flexibility index (Phi) is 20.2. The van der Waals surface area contributed by atoms with Gasteiger partial charge in [-0.15, -0.1) is 0 Å². The van der Waals surface area contributed by atoms with Crippen LogP contribution in [0.1, 0.15) is 79.0 Å². The molecule has 0 atom stereocenters. The Bertz CT molecular complexity index is 8370. The average Bonchev–Trinajstić information content (AvgIpc) is 0.576. The molecule has 706 valence electrons. The van der Waals surface area contributed by atoms with Crippen LogP contribution >= 0.6 is 23.5 Å². The van der Waals surface area contributed by atoms with Crippen molar-refractivity contribution in [1.29, 1.82) is 0 Å². The second-order valence-electron chi connectivity index (χ2n) is 44.0. The van der Waals surface area contributed by atoms with Gasteiger partial charge in [-0.1, -0.05) is 461 Å². The largest absolute Gasteiger partial charge is 0.310 e. The standard InChI is InChI=1S/C138H103B3N6S2/c1-136(2,3)94-78-101(90-54-26-14-27-55-90)130(102(79-94)91-56-28-15-29-57-91)146-115-82-96(138(7,8)9)83-116-123(115)141(126-119(146)84-117-124-134(126)148-121-76-40-34-66-105(121)139(124)107-68-44-74-113-132(107)144(117)111-72-38-36-70-109(111)142(113)128-97(86-46-18-10-19-47-86)62-42-63-98(128)87-48-20-11-21-49-87)127-120(147(116)131-103(92-58-30-16-31-59-92)80-95(137(4,5)6)81-104(131)93-60-32-17-33-61-93)85-118-125-135(127)149-122-77-41-35-67-106(122)140(125)108-69-45-75-114-133(108)145(118)112-73-39-37-71-110(112)143(114)129-99(88-50-22-12-23-51-88)64-43-65-100(129)89-52-24-13-25-53-89/h10-85H,1-9H3. The summed E-state index contributed by atoms with van der Waals surface area (Å²) in [5.74, 6) is 0. The highest BCUT2D eigenvalue weighted by Crippen LogP contribution is 2.65. The van der Waals surface area contributed by atoms with E-state index in [1.165, 1.54) is 96.8 Å². The van der Waals surface area contributed by atoms with E-state index in [-0.39, 0.29) is 24.3 Å².